The highest BCUT2D eigenvalue weighted by molar-refractivity contribution is 5.79. The van der Waals surface area contributed by atoms with Gasteiger partial charge in [-0.25, -0.2) is 0 Å². The molecule has 1 aromatic rings. The number of benzene rings is 1. The molecule has 0 saturated heterocycles. The molecule has 2 N–H and O–H groups in total. The first-order valence-corrected chi connectivity index (χ1v) is 9.45. The maximum Gasteiger partial charge on any atom is 0.191 e. The summed E-state index contributed by atoms with van der Waals surface area (Å²) in [6.45, 7) is 7.62. The third-order valence-corrected chi connectivity index (χ3v) is 4.80. The van der Waals surface area contributed by atoms with Crippen LogP contribution in [0.15, 0.2) is 35.3 Å². The van der Waals surface area contributed by atoms with Crippen molar-refractivity contribution in [2.45, 2.75) is 31.6 Å². The third kappa shape index (κ3) is 6.67. The van der Waals surface area contributed by atoms with Crippen LogP contribution >= 0.6 is 0 Å². The van der Waals surface area contributed by atoms with Crippen LogP contribution in [0.3, 0.4) is 0 Å². The molecule has 0 atom stereocenters. The van der Waals surface area contributed by atoms with Gasteiger partial charge in [-0.05, 0) is 38.8 Å². The van der Waals surface area contributed by atoms with Gasteiger partial charge in [0.2, 0.25) is 0 Å². The fraction of sp³-hybridized carbons (Fsp3) is 0.650. The second kappa shape index (κ2) is 10.4. The first-order valence-electron chi connectivity index (χ1n) is 9.45. The Labute approximate surface area is 152 Å². The number of hydrogen-bond donors (Lipinski definition) is 2. The number of aliphatic imine (C=N–C) groups is 1. The van der Waals surface area contributed by atoms with E-state index in [0.717, 1.165) is 51.7 Å². The Morgan fingerprint density at radius 2 is 1.96 bits per heavy atom. The van der Waals surface area contributed by atoms with Crippen molar-refractivity contribution >= 4 is 5.96 Å². The van der Waals surface area contributed by atoms with Crippen LogP contribution in [0.25, 0.3) is 0 Å². The number of nitrogens with one attached hydrogen (secondary N) is 2. The molecule has 1 fully saturated rings. The zero-order valence-corrected chi connectivity index (χ0v) is 16.1. The first kappa shape index (κ1) is 19.7. The Morgan fingerprint density at radius 3 is 2.60 bits per heavy atom. The Morgan fingerprint density at radius 1 is 1.20 bits per heavy atom. The highest BCUT2D eigenvalue weighted by Gasteiger charge is 2.43. The van der Waals surface area contributed by atoms with Gasteiger partial charge in [0, 0.05) is 45.3 Å². The summed E-state index contributed by atoms with van der Waals surface area (Å²) in [4.78, 5) is 7.17. The van der Waals surface area contributed by atoms with Crippen LogP contribution in [0.4, 0.5) is 0 Å². The summed E-state index contributed by atoms with van der Waals surface area (Å²) in [5.74, 6) is 0.926. The molecular formula is C20H34N4O. The van der Waals surface area contributed by atoms with Gasteiger partial charge in [-0.2, -0.15) is 0 Å². The fourth-order valence-corrected chi connectivity index (χ4v) is 3.01. The van der Waals surface area contributed by atoms with Gasteiger partial charge in [0.15, 0.2) is 5.96 Å². The van der Waals surface area contributed by atoms with Crippen molar-refractivity contribution in [2.75, 3.05) is 53.5 Å². The van der Waals surface area contributed by atoms with Crippen LogP contribution in [0.1, 0.15) is 31.7 Å². The monoisotopic (exact) mass is 346 g/mol. The van der Waals surface area contributed by atoms with Crippen LogP contribution < -0.4 is 10.6 Å². The summed E-state index contributed by atoms with van der Waals surface area (Å²) in [5.41, 5.74) is 1.69. The molecule has 25 heavy (non-hydrogen) atoms. The van der Waals surface area contributed by atoms with E-state index in [1.54, 1.807) is 7.11 Å². The van der Waals surface area contributed by atoms with Gasteiger partial charge in [0.25, 0.3) is 0 Å². The van der Waals surface area contributed by atoms with E-state index in [-0.39, 0.29) is 5.41 Å². The summed E-state index contributed by atoms with van der Waals surface area (Å²) >= 11 is 0. The van der Waals surface area contributed by atoms with Crippen LogP contribution in [-0.4, -0.2) is 64.3 Å². The minimum absolute atomic E-state index is 0.264. The number of rotatable bonds is 11. The SMILES string of the molecule is CCNC(=NCC1(c2ccccc2)CC1)NCCN(C)CCCOC. The van der Waals surface area contributed by atoms with Crippen LogP contribution in [0, 0.1) is 0 Å². The van der Waals surface area contributed by atoms with Crippen molar-refractivity contribution in [3.8, 4) is 0 Å². The maximum atomic E-state index is 5.10. The number of methoxy groups -OCH3 is 1. The molecule has 0 aromatic heterocycles. The lowest BCUT2D eigenvalue weighted by molar-refractivity contribution is 0.180. The number of nitrogens with zero attached hydrogens (tertiary/aromatic N) is 2. The average Bonchev–Trinajstić information content (AvgIpc) is 3.42. The minimum Gasteiger partial charge on any atom is -0.385 e. The number of hydrogen-bond acceptors (Lipinski definition) is 3. The van der Waals surface area contributed by atoms with Gasteiger partial charge in [-0.1, -0.05) is 30.3 Å². The van der Waals surface area contributed by atoms with Gasteiger partial charge < -0.3 is 20.3 Å². The van der Waals surface area contributed by atoms with Crippen molar-refractivity contribution in [2.24, 2.45) is 4.99 Å². The smallest absolute Gasteiger partial charge is 0.191 e. The molecule has 0 amide bonds. The van der Waals surface area contributed by atoms with Gasteiger partial charge in [0.05, 0.1) is 6.54 Å². The molecule has 1 aliphatic rings. The van der Waals surface area contributed by atoms with E-state index >= 15 is 0 Å². The van der Waals surface area contributed by atoms with E-state index < -0.39 is 0 Å². The van der Waals surface area contributed by atoms with Gasteiger partial charge in [-0.3, -0.25) is 4.99 Å². The molecule has 1 saturated carbocycles. The standard InChI is InChI=1S/C20H34N4O/c1-4-21-19(22-13-15-24(2)14-8-16-25-3)23-17-20(11-12-20)18-9-6-5-7-10-18/h5-7,9-10H,4,8,11-17H2,1-3H3,(H2,21,22,23). The zero-order chi connectivity index (χ0) is 18.0. The molecule has 1 aliphatic carbocycles. The Bertz CT molecular complexity index is 514. The van der Waals surface area contributed by atoms with Crippen molar-refractivity contribution < 1.29 is 4.74 Å². The molecule has 1 aromatic carbocycles. The fourth-order valence-electron chi connectivity index (χ4n) is 3.01. The van der Waals surface area contributed by atoms with E-state index in [9.17, 15) is 0 Å². The van der Waals surface area contributed by atoms with Crippen LogP contribution in [-0.2, 0) is 10.2 Å². The third-order valence-electron chi connectivity index (χ3n) is 4.80. The van der Waals surface area contributed by atoms with Crippen molar-refractivity contribution in [3.63, 3.8) is 0 Å². The summed E-state index contributed by atoms with van der Waals surface area (Å²) in [6, 6.07) is 10.8. The lowest BCUT2D eigenvalue weighted by atomic mass is 9.96. The van der Waals surface area contributed by atoms with E-state index in [1.807, 2.05) is 0 Å². The lowest BCUT2D eigenvalue weighted by Gasteiger charge is -2.19. The van der Waals surface area contributed by atoms with Gasteiger partial charge in [-0.15, -0.1) is 0 Å². The molecule has 140 valence electrons. The van der Waals surface area contributed by atoms with Crippen molar-refractivity contribution in [3.05, 3.63) is 35.9 Å². The molecule has 5 heteroatoms. The molecule has 0 unspecified atom stereocenters. The van der Waals surface area contributed by atoms with Crippen LogP contribution in [0.2, 0.25) is 0 Å². The van der Waals surface area contributed by atoms with E-state index in [1.165, 1.54) is 18.4 Å². The lowest BCUT2D eigenvalue weighted by Crippen LogP contribution is -2.41. The molecule has 0 heterocycles. The molecule has 5 nitrogen and oxygen atoms in total. The Hall–Kier alpha value is -1.59. The van der Waals surface area contributed by atoms with E-state index in [4.69, 9.17) is 9.73 Å². The predicted molar refractivity (Wildman–Crippen MR) is 105 cm³/mol. The summed E-state index contributed by atoms with van der Waals surface area (Å²) < 4.78 is 5.10. The predicted octanol–water partition coefficient (Wildman–Crippen LogP) is 2.24. The Balaban J connectivity index is 1.79. The quantitative estimate of drug-likeness (QED) is 0.366. The highest BCUT2D eigenvalue weighted by Crippen LogP contribution is 2.48. The second-order valence-electron chi connectivity index (χ2n) is 6.92. The molecule has 0 radical (unpaired) electrons. The summed E-state index contributed by atoms with van der Waals surface area (Å²) in [5, 5.41) is 6.82. The van der Waals surface area contributed by atoms with Crippen molar-refractivity contribution in [1.82, 2.24) is 15.5 Å². The van der Waals surface area contributed by atoms with Crippen molar-refractivity contribution in [1.29, 1.82) is 0 Å². The first-order chi connectivity index (χ1) is 12.2. The summed E-state index contributed by atoms with van der Waals surface area (Å²) in [6.07, 6.45) is 3.55. The second-order valence-corrected chi connectivity index (χ2v) is 6.92. The largest absolute Gasteiger partial charge is 0.385 e. The average molecular weight is 347 g/mol. The van der Waals surface area contributed by atoms with E-state index in [2.05, 4.69) is 59.8 Å². The summed E-state index contributed by atoms with van der Waals surface area (Å²) in [7, 11) is 3.90. The number of ether oxygens (including phenoxy) is 1. The molecule has 2 rings (SSSR count). The van der Waals surface area contributed by atoms with Crippen LogP contribution in [0.5, 0.6) is 0 Å². The number of guanidine groups is 1. The van der Waals surface area contributed by atoms with Gasteiger partial charge in [0.1, 0.15) is 0 Å². The molecule has 0 spiro atoms. The van der Waals surface area contributed by atoms with Gasteiger partial charge >= 0.3 is 0 Å². The normalized spacial score (nSPS) is 16.1. The Kier molecular flexibility index (Phi) is 8.22. The molecule has 0 bridgehead atoms. The molecular weight excluding hydrogens is 312 g/mol. The van der Waals surface area contributed by atoms with E-state index in [0.29, 0.717) is 0 Å². The highest BCUT2D eigenvalue weighted by atomic mass is 16.5. The zero-order valence-electron chi connectivity index (χ0n) is 16.1. The minimum atomic E-state index is 0.264. The topological polar surface area (TPSA) is 48.9 Å². The maximum absolute atomic E-state index is 5.10. The molecule has 0 aliphatic heterocycles. The number of likely N-dealkylation sites (N-methyl/N-ethyl adjacent to an activating group) is 1.